The molecule has 0 radical (unpaired) electrons. The van der Waals surface area contributed by atoms with Crippen molar-refractivity contribution < 1.29 is 23.9 Å². The summed E-state index contributed by atoms with van der Waals surface area (Å²) in [6.07, 6.45) is 0.129. The van der Waals surface area contributed by atoms with E-state index in [0.29, 0.717) is 0 Å². The second-order valence-corrected chi connectivity index (χ2v) is 7.48. The lowest BCUT2D eigenvalue weighted by molar-refractivity contribution is -0.146. The Hall–Kier alpha value is -3.48. The van der Waals surface area contributed by atoms with Crippen LogP contribution in [0, 0.1) is 5.92 Å². The quantitative estimate of drug-likeness (QED) is 0.560. The summed E-state index contributed by atoms with van der Waals surface area (Å²) in [6.45, 7) is 3.55. The Morgan fingerprint density at radius 1 is 0.933 bits per heavy atom. The number of esters is 1. The van der Waals surface area contributed by atoms with E-state index in [1.807, 2.05) is 30.3 Å². The van der Waals surface area contributed by atoms with Crippen molar-refractivity contribution in [2.45, 2.75) is 32.4 Å². The van der Waals surface area contributed by atoms with E-state index in [0.717, 1.165) is 10.5 Å². The molecule has 1 N–H and O–H groups in total. The maximum atomic E-state index is 13.2. The summed E-state index contributed by atoms with van der Waals surface area (Å²) in [5.74, 6) is -2.45. The highest BCUT2D eigenvalue weighted by molar-refractivity contribution is 6.22. The molecule has 0 saturated carbocycles. The number of carbonyl (C=O) groups is 4. The van der Waals surface area contributed by atoms with E-state index in [9.17, 15) is 19.2 Å². The molecule has 7 heteroatoms. The number of methoxy groups -OCH3 is 1. The predicted octanol–water partition coefficient (Wildman–Crippen LogP) is 2.21. The minimum atomic E-state index is -1.11. The molecule has 156 valence electrons. The summed E-state index contributed by atoms with van der Waals surface area (Å²) in [5, 5.41) is 2.67. The summed E-state index contributed by atoms with van der Waals surface area (Å²) < 4.78 is 4.79. The van der Waals surface area contributed by atoms with Gasteiger partial charge in [0.1, 0.15) is 12.1 Å². The molecule has 1 aliphatic rings. The fourth-order valence-corrected chi connectivity index (χ4v) is 3.50. The molecule has 0 aromatic heterocycles. The second-order valence-electron chi connectivity index (χ2n) is 7.48. The Bertz CT molecular complexity index is 936. The van der Waals surface area contributed by atoms with Gasteiger partial charge in [-0.2, -0.15) is 0 Å². The number of carbonyl (C=O) groups excluding carboxylic acids is 4. The lowest BCUT2D eigenvalue weighted by Crippen LogP contribution is -2.55. The number of rotatable bonds is 7. The molecule has 3 amide bonds. The maximum Gasteiger partial charge on any atom is 0.328 e. The van der Waals surface area contributed by atoms with Gasteiger partial charge in [0.05, 0.1) is 18.2 Å². The molecule has 0 spiro atoms. The average molecular weight is 408 g/mol. The Morgan fingerprint density at radius 3 is 1.97 bits per heavy atom. The molecule has 0 saturated heterocycles. The molecular formula is C23H24N2O5. The van der Waals surface area contributed by atoms with Crippen LogP contribution in [-0.4, -0.2) is 47.8 Å². The number of hydrogen-bond acceptors (Lipinski definition) is 5. The van der Waals surface area contributed by atoms with E-state index >= 15 is 0 Å². The van der Waals surface area contributed by atoms with Crippen LogP contribution in [0.2, 0.25) is 0 Å². The number of fused-ring (bicyclic) bond motifs is 1. The Balaban J connectivity index is 1.95. The van der Waals surface area contributed by atoms with Gasteiger partial charge >= 0.3 is 5.97 Å². The molecular weight excluding hydrogens is 384 g/mol. The van der Waals surface area contributed by atoms with Gasteiger partial charge in [0.25, 0.3) is 11.8 Å². The van der Waals surface area contributed by atoms with Gasteiger partial charge < -0.3 is 10.1 Å². The maximum absolute atomic E-state index is 13.2. The molecule has 2 aromatic rings. The van der Waals surface area contributed by atoms with Crippen LogP contribution in [0.5, 0.6) is 0 Å². The first-order valence-electron chi connectivity index (χ1n) is 9.74. The number of hydrogen-bond donors (Lipinski definition) is 1. The summed E-state index contributed by atoms with van der Waals surface area (Å²) >= 11 is 0. The van der Waals surface area contributed by atoms with Crippen molar-refractivity contribution in [3.8, 4) is 0 Å². The topological polar surface area (TPSA) is 92.8 Å². The molecule has 1 aliphatic heterocycles. The average Bonchev–Trinajstić information content (AvgIpc) is 3.00. The van der Waals surface area contributed by atoms with Crippen molar-refractivity contribution in [1.29, 1.82) is 0 Å². The number of nitrogens with zero attached hydrogens (tertiary/aromatic N) is 1. The highest BCUT2D eigenvalue weighted by Gasteiger charge is 2.43. The first-order valence-corrected chi connectivity index (χ1v) is 9.74. The van der Waals surface area contributed by atoms with E-state index in [2.05, 4.69) is 5.32 Å². The Morgan fingerprint density at radius 2 is 1.47 bits per heavy atom. The largest absolute Gasteiger partial charge is 0.467 e. The third kappa shape index (κ3) is 4.10. The van der Waals surface area contributed by atoms with Crippen LogP contribution in [0.4, 0.5) is 0 Å². The molecule has 1 heterocycles. The highest BCUT2D eigenvalue weighted by atomic mass is 16.5. The van der Waals surface area contributed by atoms with Crippen LogP contribution in [-0.2, 0) is 20.7 Å². The number of nitrogens with one attached hydrogen (secondary N) is 1. The summed E-state index contributed by atoms with van der Waals surface area (Å²) in [7, 11) is 1.25. The van der Waals surface area contributed by atoms with Gasteiger partial charge in [-0.3, -0.25) is 19.3 Å². The molecule has 3 rings (SSSR count). The number of ether oxygens (including phenoxy) is 1. The van der Waals surface area contributed by atoms with Gasteiger partial charge in [-0.15, -0.1) is 0 Å². The summed E-state index contributed by atoms with van der Waals surface area (Å²) in [6, 6.07) is 13.6. The third-order valence-corrected chi connectivity index (χ3v) is 5.13. The Labute approximate surface area is 175 Å². The summed E-state index contributed by atoms with van der Waals surface area (Å²) in [4.78, 5) is 52.3. The van der Waals surface area contributed by atoms with Crippen molar-refractivity contribution in [3.05, 3.63) is 71.3 Å². The van der Waals surface area contributed by atoms with E-state index in [1.165, 1.54) is 7.11 Å². The molecule has 0 fully saturated rings. The number of amides is 3. The van der Waals surface area contributed by atoms with Gasteiger partial charge in [-0.05, 0) is 23.6 Å². The smallest absolute Gasteiger partial charge is 0.328 e. The SMILES string of the molecule is COC(=O)[C@@H](NC(=O)[C@@H](Cc1ccccc1)N1C(=O)c2ccccc2C1=O)C(C)C. The molecule has 0 unspecified atom stereocenters. The van der Waals surface area contributed by atoms with Crippen molar-refractivity contribution in [2.75, 3.05) is 7.11 Å². The number of imide groups is 1. The molecule has 2 atom stereocenters. The van der Waals surface area contributed by atoms with Crippen molar-refractivity contribution in [3.63, 3.8) is 0 Å². The zero-order valence-electron chi connectivity index (χ0n) is 17.1. The number of benzene rings is 2. The minimum absolute atomic E-state index is 0.129. The fourth-order valence-electron chi connectivity index (χ4n) is 3.50. The van der Waals surface area contributed by atoms with E-state index in [-0.39, 0.29) is 23.5 Å². The first kappa shape index (κ1) is 21.2. The summed E-state index contributed by atoms with van der Waals surface area (Å²) in [5.41, 5.74) is 1.32. The van der Waals surface area contributed by atoms with Crippen LogP contribution >= 0.6 is 0 Å². The van der Waals surface area contributed by atoms with Crippen LogP contribution in [0.15, 0.2) is 54.6 Å². The van der Waals surface area contributed by atoms with Crippen LogP contribution in [0.3, 0.4) is 0 Å². The molecule has 0 aliphatic carbocycles. The van der Waals surface area contributed by atoms with Crippen molar-refractivity contribution in [1.82, 2.24) is 10.2 Å². The lowest BCUT2D eigenvalue weighted by atomic mass is 10.0. The highest BCUT2D eigenvalue weighted by Crippen LogP contribution is 2.26. The minimum Gasteiger partial charge on any atom is -0.467 e. The van der Waals surface area contributed by atoms with Crippen LogP contribution in [0.1, 0.15) is 40.1 Å². The van der Waals surface area contributed by atoms with Crippen LogP contribution < -0.4 is 5.32 Å². The van der Waals surface area contributed by atoms with Gasteiger partial charge in [-0.1, -0.05) is 56.3 Å². The zero-order chi connectivity index (χ0) is 21.8. The predicted molar refractivity (Wildman–Crippen MR) is 110 cm³/mol. The molecule has 2 aromatic carbocycles. The van der Waals surface area contributed by atoms with Crippen LogP contribution in [0.25, 0.3) is 0 Å². The van der Waals surface area contributed by atoms with Gasteiger partial charge in [0.2, 0.25) is 5.91 Å². The van der Waals surface area contributed by atoms with Crippen molar-refractivity contribution >= 4 is 23.7 Å². The first-order chi connectivity index (χ1) is 14.3. The van der Waals surface area contributed by atoms with Gasteiger partial charge in [-0.25, -0.2) is 4.79 Å². The van der Waals surface area contributed by atoms with E-state index in [1.54, 1.807) is 38.1 Å². The molecule has 0 bridgehead atoms. The monoisotopic (exact) mass is 408 g/mol. The van der Waals surface area contributed by atoms with Gasteiger partial charge in [0.15, 0.2) is 0 Å². The third-order valence-electron chi connectivity index (χ3n) is 5.13. The van der Waals surface area contributed by atoms with Gasteiger partial charge in [0, 0.05) is 6.42 Å². The van der Waals surface area contributed by atoms with E-state index in [4.69, 9.17) is 4.74 Å². The lowest BCUT2D eigenvalue weighted by Gasteiger charge is -2.28. The molecule has 7 nitrogen and oxygen atoms in total. The Kier molecular flexibility index (Phi) is 6.30. The fraction of sp³-hybridized carbons (Fsp3) is 0.304. The normalized spacial score (nSPS) is 15.0. The van der Waals surface area contributed by atoms with Crippen molar-refractivity contribution in [2.24, 2.45) is 5.92 Å². The second kappa shape index (κ2) is 8.90. The molecule has 30 heavy (non-hydrogen) atoms. The standard InChI is InChI=1S/C23H24N2O5/c1-14(2)19(23(29)30-3)24-20(26)18(13-15-9-5-4-6-10-15)25-21(27)16-11-7-8-12-17(16)22(25)28/h4-12,14,18-19H,13H2,1-3H3,(H,24,26)/t18-,19+/m1/s1. The zero-order valence-corrected chi connectivity index (χ0v) is 17.1. The van der Waals surface area contributed by atoms with E-state index < -0.39 is 35.8 Å².